The Morgan fingerprint density at radius 2 is 1.96 bits per heavy atom. The van der Waals surface area contributed by atoms with Crippen molar-refractivity contribution < 1.29 is 19.1 Å². The number of amides is 3. The lowest BCUT2D eigenvalue weighted by Gasteiger charge is -2.27. The van der Waals surface area contributed by atoms with E-state index in [0.29, 0.717) is 13.1 Å². The van der Waals surface area contributed by atoms with E-state index in [4.69, 9.17) is 9.47 Å². The fourth-order valence-corrected chi connectivity index (χ4v) is 3.79. The summed E-state index contributed by atoms with van der Waals surface area (Å²) < 4.78 is 10.8. The number of hydrogen-bond donors (Lipinski definition) is 1. The number of urea groups is 1. The second-order valence-corrected chi connectivity index (χ2v) is 7.31. The van der Waals surface area contributed by atoms with E-state index in [9.17, 15) is 9.59 Å². The van der Waals surface area contributed by atoms with Crippen molar-refractivity contribution in [1.29, 1.82) is 0 Å². The maximum Gasteiger partial charge on any atom is 0.325 e. The third-order valence-electron chi connectivity index (χ3n) is 5.22. The predicted molar refractivity (Wildman–Crippen MR) is 97.4 cm³/mol. The summed E-state index contributed by atoms with van der Waals surface area (Å²) in [7, 11) is 3.29. The Labute approximate surface area is 154 Å². The average Bonchev–Trinajstić information content (AvgIpc) is 3.15. The van der Waals surface area contributed by atoms with Gasteiger partial charge in [-0.3, -0.25) is 14.6 Å². The molecule has 2 aliphatic rings. The van der Waals surface area contributed by atoms with Crippen LogP contribution in [0.4, 0.5) is 4.79 Å². The molecule has 0 unspecified atom stereocenters. The minimum atomic E-state index is -0.819. The van der Waals surface area contributed by atoms with Crippen molar-refractivity contribution in [2.75, 3.05) is 33.9 Å². The van der Waals surface area contributed by atoms with E-state index in [1.165, 1.54) is 4.90 Å². The largest absolute Gasteiger partial charge is 0.497 e. The maximum absolute atomic E-state index is 12.4. The van der Waals surface area contributed by atoms with Gasteiger partial charge < -0.3 is 14.8 Å². The first-order valence-electron chi connectivity index (χ1n) is 8.97. The third kappa shape index (κ3) is 3.35. The molecule has 26 heavy (non-hydrogen) atoms. The Hall–Kier alpha value is -2.28. The lowest BCUT2D eigenvalue weighted by molar-refractivity contribution is -0.130. The van der Waals surface area contributed by atoms with Crippen molar-refractivity contribution in [3.05, 3.63) is 23.8 Å². The zero-order chi connectivity index (χ0) is 18.9. The normalized spacial score (nSPS) is 22.6. The number of imide groups is 1. The van der Waals surface area contributed by atoms with Crippen LogP contribution in [-0.4, -0.2) is 61.1 Å². The lowest BCUT2D eigenvalue weighted by Crippen LogP contribution is -2.41. The summed E-state index contributed by atoms with van der Waals surface area (Å²) in [5.41, 5.74) is 0.295. The van der Waals surface area contributed by atoms with Crippen LogP contribution >= 0.6 is 0 Å². The Balaban J connectivity index is 1.71. The second kappa shape index (κ2) is 7.15. The quantitative estimate of drug-likeness (QED) is 0.787. The highest BCUT2D eigenvalue weighted by atomic mass is 16.5. The van der Waals surface area contributed by atoms with E-state index < -0.39 is 5.54 Å². The summed E-state index contributed by atoms with van der Waals surface area (Å²) in [5, 5.41) is 2.73. The van der Waals surface area contributed by atoms with Crippen LogP contribution in [0.1, 0.15) is 38.3 Å². The number of ether oxygens (including phenoxy) is 2. The molecule has 0 radical (unpaired) electrons. The van der Waals surface area contributed by atoms with Gasteiger partial charge in [-0.15, -0.1) is 0 Å². The smallest absolute Gasteiger partial charge is 0.325 e. The van der Waals surface area contributed by atoms with Crippen molar-refractivity contribution in [3.63, 3.8) is 0 Å². The molecule has 3 amide bonds. The lowest BCUT2D eigenvalue weighted by atomic mass is 10.0. The molecule has 3 rings (SSSR count). The molecule has 2 aliphatic heterocycles. The SMILES string of the molecule is COc1ccc([C@H]2CCCN2CCN2C(=O)NC(C)(C)C2=O)c(OC)c1. The molecule has 1 aromatic rings. The number of nitrogens with zero attached hydrogens (tertiary/aromatic N) is 2. The number of nitrogens with one attached hydrogen (secondary N) is 1. The fourth-order valence-electron chi connectivity index (χ4n) is 3.79. The first-order valence-corrected chi connectivity index (χ1v) is 8.97. The molecule has 0 aliphatic carbocycles. The van der Waals surface area contributed by atoms with E-state index in [0.717, 1.165) is 36.4 Å². The van der Waals surface area contributed by atoms with Crippen molar-refractivity contribution in [2.45, 2.75) is 38.3 Å². The van der Waals surface area contributed by atoms with Crippen LogP contribution in [0.15, 0.2) is 18.2 Å². The number of methoxy groups -OCH3 is 2. The van der Waals surface area contributed by atoms with Crippen LogP contribution in [0.5, 0.6) is 11.5 Å². The summed E-state index contributed by atoms with van der Waals surface area (Å²) in [6, 6.07) is 5.78. The van der Waals surface area contributed by atoms with Gasteiger partial charge in [0.05, 0.1) is 14.2 Å². The third-order valence-corrected chi connectivity index (χ3v) is 5.22. The van der Waals surface area contributed by atoms with Crippen LogP contribution in [0.3, 0.4) is 0 Å². The second-order valence-electron chi connectivity index (χ2n) is 7.31. The fraction of sp³-hybridized carbons (Fsp3) is 0.579. The average molecular weight is 361 g/mol. The van der Waals surface area contributed by atoms with E-state index in [2.05, 4.69) is 10.2 Å². The minimum Gasteiger partial charge on any atom is -0.497 e. The monoisotopic (exact) mass is 361 g/mol. The first-order chi connectivity index (χ1) is 12.4. The van der Waals surface area contributed by atoms with Crippen LogP contribution in [0.2, 0.25) is 0 Å². The number of carbonyl (C=O) groups is 2. The van der Waals surface area contributed by atoms with Gasteiger partial charge in [-0.05, 0) is 39.3 Å². The van der Waals surface area contributed by atoms with E-state index >= 15 is 0 Å². The highest BCUT2D eigenvalue weighted by Crippen LogP contribution is 2.38. The topological polar surface area (TPSA) is 71.1 Å². The molecule has 7 heteroatoms. The van der Waals surface area contributed by atoms with Crippen LogP contribution in [0, 0.1) is 0 Å². The highest BCUT2D eigenvalue weighted by Gasteiger charge is 2.44. The number of benzene rings is 1. The molecular formula is C19H27N3O4. The Kier molecular flexibility index (Phi) is 5.09. The van der Waals surface area contributed by atoms with Gasteiger partial charge in [0.15, 0.2) is 0 Å². The molecule has 0 saturated carbocycles. The number of carbonyl (C=O) groups excluding carboxylic acids is 2. The summed E-state index contributed by atoms with van der Waals surface area (Å²) in [4.78, 5) is 28.1. The maximum atomic E-state index is 12.4. The number of likely N-dealkylation sites (tertiary alicyclic amines) is 1. The van der Waals surface area contributed by atoms with Gasteiger partial charge in [0.1, 0.15) is 17.0 Å². The molecular weight excluding hydrogens is 334 g/mol. The summed E-state index contributed by atoms with van der Waals surface area (Å²) >= 11 is 0. The molecule has 1 aromatic carbocycles. The van der Waals surface area contributed by atoms with Gasteiger partial charge in [-0.2, -0.15) is 0 Å². The number of hydrogen-bond acceptors (Lipinski definition) is 5. The van der Waals surface area contributed by atoms with Crippen LogP contribution in [0.25, 0.3) is 0 Å². The summed E-state index contributed by atoms with van der Waals surface area (Å²) in [6.07, 6.45) is 2.10. The van der Waals surface area contributed by atoms with Gasteiger partial charge in [0.25, 0.3) is 5.91 Å². The van der Waals surface area contributed by atoms with Crippen LogP contribution < -0.4 is 14.8 Å². The van der Waals surface area contributed by atoms with Crippen molar-refractivity contribution in [2.24, 2.45) is 0 Å². The molecule has 2 fully saturated rings. The van der Waals surface area contributed by atoms with Crippen molar-refractivity contribution in [1.82, 2.24) is 15.1 Å². The standard InChI is InChI=1S/C19H27N3O4/c1-19(2)17(23)22(18(24)20-19)11-10-21-9-5-6-15(21)14-8-7-13(25-3)12-16(14)26-4/h7-8,12,15H,5-6,9-11H2,1-4H3,(H,20,24)/t15-/m1/s1. The van der Waals surface area contributed by atoms with Crippen molar-refractivity contribution in [3.8, 4) is 11.5 Å². The summed E-state index contributed by atoms with van der Waals surface area (Å²) in [5.74, 6) is 1.40. The van der Waals surface area contributed by atoms with Gasteiger partial charge >= 0.3 is 6.03 Å². The first kappa shape index (κ1) is 18.5. The zero-order valence-corrected chi connectivity index (χ0v) is 15.9. The van der Waals surface area contributed by atoms with E-state index in [1.807, 2.05) is 18.2 Å². The molecule has 1 N–H and O–H groups in total. The molecule has 1 atom stereocenters. The Morgan fingerprint density at radius 1 is 1.19 bits per heavy atom. The van der Waals surface area contributed by atoms with Gasteiger partial charge in [-0.1, -0.05) is 6.07 Å². The molecule has 2 saturated heterocycles. The van der Waals surface area contributed by atoms with E-state index in [-0.39, 0.29) is 18.0 Å². The van der Waals surface area contributed by atoms with Crippen LogP contribution in [-0.2, 0) is 4.79 Å². The molecule has 2 heterocycles. The Morgan fingerprint density at radius 3 is 2.58 bits per heavy atom. The number of rotatable bonds is 6. The zero-order valence-electron chi connectivity index (χ0n) is 15.9. The van der Waals surface area contributed by atoms with Gasteiger partial charge in [-0.25, -0.2) is 4.79 Å². The summed E-state index contributed by atoms with van der Waals surface area (Å²) in [6.45, 7) is 5.44. The van der Waals surface area contributed by atoms with Gasteiger partial charge in [0, 0.05) is 30.8 Å². The minimum absolute atomic E-state index is 0.166. The van der Waals surface area contributed by atoms with Gasteiger partial charge in [0.2, 0.25) is 0 Å². The Bertz CT molecular complexity index is 704. The highest BCUT2D eigenvalue weighted by molar-refractivity contribution is 6.06. The predicted octanol–water partition coefficient (Wildman–Crippen LogP) is 2.17. The van der Waals surface area contributed by atoms with E-state index in [1.54, 1.807) is 28.1 Å². The molecule has 7 nitrogen and oxygen atoms in total. The molecule has 0 spiro atoms. The molecule has 142 valence electrons. The molecule has 0 bridgehead atoms. The molecule has 0 aromatic heterocycles. The van der Waals surface area contributed by atoms with Crippen molar-refractivity contribution >= 4 is 11.9 Å².